The third-order valence-corrected chi connectivity index (χ3v) is 5.01. The number of benzene rings is 3. The fourth-order valence-corrected chi connectivity index (χ4v) is 3.64. The first-order valence-corrected chi connectivity index (χ1v) is 9.81. The molecule has 1 N–H and O–H groups in total. The van der Waals surface area contributed by atoms with Crippen LogP contribution in [-0.2, 0) is 6.42 Å². The molecule has 0 radical (unpaired) electrons. The largest absolute Gasteiger partial charge is 0.349 e. The Kier molecular flexibility index (Phi) is 5.84. The van der Waals surface area contributed by atoms with Gasteiger partial charge < -0.3 is 5.32 Å². The van der Waals surface area contributed by atoms with E-state index in [1.807, 2.05) is 50.2 Å². The minimum Gasteiger partial charge on any atom is -0.349 e. The van der Waals surface area contributed by atoms with Crippen LogP contribution in [0.15, 0.2) is 48.5 Å². The second kappa shape index (κ2) is 8.32. The maximum atomic E-state index is 11.7. The lowest BCUT2D eigenvalue weighted by molar-refractivity contribution is -0.383. The SMILES string of the molecule is CC(C)Cc1cc(C#N)c(C(C)C)cc1Nc1c([N+](=O)[O-])ccc2ccccc12. The second-order valence-corrected chi connectivity index (χ2v) is 8.02. The van der Waals surface area contributed by atoms with Crippen molar-refractivity contribution in [1.82, 2.24) is 0 Å². The van der Waals surface area contributed by atoms with E-state index in [1.165, 1.54) is 0 Å². The number of nitro groups is 1. The highest BCUT2D eigenvalue weighted by Gasteiger charge is 2.20. The van der Waals surface area contributed by atoms with Crippen LogP contribution < -0.4 is 5.32 Å². The summed E-state index contributed by atoms with van der Waals surface area (Å²) in [4.78, 5) is 11.4. The molecular weight excluding hydrogens is 362 g/mol. The average Bonchev–Trinajstić information content (AvgIpc) is 2.68. The Bertz CT molecular complexity index is 1110. The van der Waals surface area contributed by atoms with E-state index < -0.39 is 0 Å². The Labute approximate surface area is 171 Å². The molecule has 0 aromatic heterocycles. The molecule has 0 aliphatic carbocycles. The zero-order chi connectivity index (χ0) is 21.1. The Balaban J connectivity index is 2.24. The van der Waals surface area contributed by atoms with Crippen LogP contribution in [0.3, 0.4) is 0 Å². The van der Waals surface area contributed by atoms with Gasteiger partial charge in [-0.2, -0.15) is 5.26 Å². The second-order valence-electron chi connectivity index (χ2n) is 8.02. The van der Waals surface area contributed by atoms with Gasteiger partial charge in [-0.05, 0) is 53.0 Å². The summed E-state index contributed by atoms with van der Waals surface area (Å²) >= 11 is 0. The van der Waals surface area contributed by atoms with E-state index in [4.69, 9.17) is 0 Å². The first-order chi connectivity index (χ1) is 13.8. The summed E-state index contributed by atoms with van der Waals surface area (Å²) in [5.74, 6) is 0.551. The monoisotopic (exact) mass is 387 g/mol. The van der Waals surface area contributed by atoms with Crippen LogP contribution in [0, 0.1) is 27.4 Å². The molecule has 3 aromatic carbocycles. The smallest absolute Gasteiger partial charge is 0.293 e. The maximum absolute atomic E-state index is 11.7. The highest BCUT2D eigenvalue weighted by molar-refractivity contribution is 6.00. The van der Waals surface area contributed by atoms with E-state index in [0.29, 0.717) is 17.2 Å². The zero-order valence-corrected chi connectivity index (χ0v) is 17.2. The molecule has 148 valence electrons. The van der Waals surface area contributed by atoms with Crippen molar-refractivity contribution in [1.29, 1.82) is 5.26 Å². The fraction of sp³-hybridized carbons (Fsp3) is 0.292. The van der Waals surface area contributed by atoms with Gasteiger partial charge in [-0.3, -0.25) is 10.1 Å². The molecule has 3 aromatic rings. The number of hydrogen-bond donors (Lipinski definition) is 1. The Morgan fingerprint density at radius 1 is 1.10 bits per heavy atom. The minimum absolute atomic E-state index is 0.0367. The summed E-state index contributed by atoms with van der Waals surface area (Å²) in [6.45, 7) is 8.32. The summed E-state index contributed by atoms with van der Waals surface area (Å²) in [6.07, 6.45) is 0.772. The summed E-state index contributed by atoms with van der Waals surface area (Å²) in [5.41, 5.74) is 3.93. The standard InChI is InChI=1S/C24H25N3O2/c1-15(2)11-18-12-19(14-25)21(16(3)4)13-22(18)26-24-20-8-6-5-7-17(20)9-10-23(24)27(28)29/h5-10,12-13,15-16,26H,11H2,1-4H3. The van der Waals surface area contributed by atoms with Gasteiger partial charge in [0.05, 0.1) is 16.6 Å². The van der Waals surface area contributed by atoms with Crippen molar-refractivity contribution in [3.05, 3.63) is 75.3 Å². The fourth-order valence-electron chi connectivity index (χ4n) is 3.64. The Morgan fingerprint density at radius 3 is 2.45 bits per heavy atom. The molecule has 0 aliphatic rings. The molecule has 0 atom stereocenters. The quantitative estimate of drug-likeness (QED) is 0.378. The molecule has 5 heteroatoms. The number of hydrogen-bond acceptors (Lipinski definition) is 4. The summed E-state index contributed by atoms with van der Waals surface area (Å²) in [6, 6.07) is 17.1. The van der Waals surface area contributed by atoms with Crippen molar-refractivity contribution in [3.63, 3.8) is 0 Å². The van der Waals surface area contributed by atoms with E-state index in [-0.39, 0.29) is 16.5 Å². The zero-order valence-electron chi connectivity index (χ0n) is 17.2. The van der Waals surface area contributed by atoms with Gasteiger partial charge in [-0.15, -0.1) is 0 Å². The van der Waals surface area contributed by atoms with Crippen LogP contribution in [0.2, 0.25) is 0 Å². The molecule has 3 rings (SSSR count). The normalized spacial score (nSPS) is 11.1. The molecule has 0 bridgehead atoms. The number of fused-ring (bicyclic) bond motifs is 1. The molecule has 0 aliphatic heterocycles. The van der Waals surface area contributed by atoms with Crippen molar-refractivity contribution in [2.75, 3.05) is 5.32 Å². The van der Waals surface area contributed by atoms with Crippen LogP contribution in [0.1, 0.15) is 50.3 Å². The van der Waals surface area contributed by atoms with Crippen LogP contribution in [0.4, 0.5) is 17.1 Å². The van der Waals surface area contributed by atoms with Gasteiger partial charge in [0.15, 0.2) is 0 Å². The molecule has 0 heterocycles. The van der Waals surface area contributed by atoms with Crippen LogP contribution in [0.25, 0.3) is 10.8 Å². The maximum Gasteiger partial charge on any atom is 0.293 e. The highest BCUT2D eigenvalue weighted by atomic mass is 16.6. The lowest BCUT2D eigenvalue weighted by atomic mass is 9.91. The molecule has 0 unspecified atom stereocenters. The molecular formula is C24H25N3O2. The third-order valence-electron chi connectivity index (χ3n) is 5.01. The van der Waals surface area contributed by atoms with Crippen LogP contribution >= 0.6 is 0 Å². The van der Waals surface area contributed by atoms with Gasteiger partial charge in [0.1, 0.15) is 5.69 Å². The first kappa shape index (κ1) is 20.3. The van der Waals surface area contributed by atoms with Crippen LogP contribution in [0.5, 0.6) is 0 Å². The van der Waals surface area contributed by atoms with Crippen molar-refractivity contribution < 1.29 is 4.92 Å². The lowest BCUT2D eigenvalue weighted by Gasteiger charge is -2.19. The predicted molar refractivity (Wildman–Crippen MR) is 118 cm³/mol. The summed E-state index contributed by atoms with van der Waals surface area (Å²) in [5, 5.41) is 26.4. The molecule has 5 nitrogen and oxygen atoms in total. The van der Waals surface area contributed by atoms with Crippen molar-refractivity contribution >= 4 is 27.8 Å². The Morgan fingerprint density at radius 2 is 1.83 bits per heavy atom. The summed E-state index contributed by atoms with van der Waals surface area (Å²) in [7, 11) is 0. The van der Waals surface area contributed by atoms with Gasteiger partial charge in [-0.1, -0.05) is 52.0 Å². The first-order valence-electron chi connectivity index (χ1n) is 9.81. The van der Waals surface area contributed by atoms with Gasteiger partial charge in [0.25, 0.3) is 5.69 Å². The molecule has 0 amide bonds. The third kappa shape index (κ3) is 4.22. The number of nitriles is 1. The van der Waals surface area contributed by atoms with E-state index in [9.17, 15) is 15.4 Å². The predicted octanol–water partition coefficient (Wildman–Crippen LogP) is 6.69. The number of anilines is 2. The molecule has 0 fully saturated rings. The van der Waals surface area contributed by atoms with Crippen molar-refractivity contribution in [2.45, 2.75) is 40.0 Å². The topological polar surface area (TPSA) is 79.0 Å². The van der Waals surface area contributed by atoms with Gasteiger partial charge in [0, 0.05) is 17.1 Å². The highest BCUT2D eigenvalue weighted by Crippen LogP contribution is 2.38. The molecule has 0 saturated heterocycles. The minimum atomic E-state index is -0.357. The van der Waals surface area contributed by atoms with Gasteiger partial charge in [0.2, 0.25) is 0 Å². The van der Waals surface area contributed by atoms with E-state index in [2.05, 4.69) is 25.2 Å². The van der Waals surface area contributed by atoms with E-state index >= 15 is 0 Å². The average molecular weight is 387 g/mol. The number of nitrogens with one attached hydrogen (secondary N) is 1. The summed E-state index contributed by atoms with van der Waals surface area (Å²) < 4.78 is 0. The van der Waals surface area contributed by atoms with Crippen LogP contribution in [-0.4, -0.2) is 4.92 Å². The van der Waals surface area contributed by atoms with Gasteiger partial charge >= 0.3 is 0 Å². The van der Waals surface area contributed by atoms with Gasteiger partial charge in [-0.25, -0.2) is 0 Å². The molecule has 0 spiro atoms. The van der Waals surface area contributed by atoms with E-state index in [0.717, 1.165) is 34.0 Å². The number of nitrogens with zero attached hydrogens (tertiary/aromatic N) is 2. The van der Waals surface area contributed by atoms with Crippen molar-refractivity contribution in [2.24, 2.45) is 5.92 Å². The number of rotatable bonds is 6. The van der Waals surface area contributed by atoms with E-state index in [1.54, 1.807) is 12.1 Å². The lowest BCUT2D eigenvalue weighted by Crippen LogP contribution is -2.06. The molecule has 29 heavy (non-hydrogen) atoms. The molecule has 0 saturated carbocycles. The number of nitro benzene ring substituents is 1. The van der Waals surface area contributed by atoms with Crippen molar-refractivity contribution in [3.8, 4) is 6.07 Å². The Hall–Kier alpha value is -3.39.